The summed E-state index contributed by atoms with van der Waals surface area (Å²) in [6.07, 6.45) is 5.76. The SMILES string of the molecule is N#Cc1ccc(N2C(=O)CC(N(C(=O)COc3ccccc3)C3CCCCCC3)C2=O)cc1. The first-order valence-corrected chi connectivity index (χ1v) is 11.4. The molecule has 0 bridgehead atoms. The topological polar surface area (TPSA) is 90.7 Å². The number of rotatable bonds is 6. The van der Waals surface area contributed by atoms with Crippen LogP contribution in [-0.2, 0) is 14.4 Å². The number of carbonyl (C=O) groups is 3. The van der Waals surface area contributed by atoms with E-state index in [0.29, 0.717) is 17.0 Å². The monoisotopic (exact) mass is 445 g/mol. The maximum atomic E-state index is 13.4. The zero-order valence-corrected chi connectivity index (χ0v) is 18.5. The van der Waals surface area contributed by atoms with Crippen LogP contribution in [0.15, 0.2) is 54.6 Å². The summed E-state index contributed by atoms with van der Waals surface area (Å²) in [6, 6.07) is 16.5. The van der Waals surface area contributed by atoms with Crippen LogP contribution in [-0.4, -0.2) is 41.3 Å². The van der Waals surface area contributed by atoms with Gasteiger partial charge in [0.15, 0.2) is 6.61 Å². The molecule has 7 nitrogen and oxygen atoms in total. The number of hydrogen-bond donors (Lipinski definition) is 0. The van der Waals surface area contributed by atoms with Crippen LogP contribution in [0, 0.1) is 11.3 Å². The highest BCUT2D eigenvalue weighted by molar-refractivity contribution is 6.23. The van der Waals surface area contributed by atoms with E-state index >= 15 is 0 Å². The highest BCUT2D eigenvalue weighted by Crippen LogP contribution is 2.31. The lowest BCUT2D eigenvalue weighted by molar-refractivity contribution is -0.143. The Balaban J connectivity index is 1.57. The zero-order valence-electron chi connectivity index (χ0n) is 18.5. The summed E-state index contributed by atoms with van der Waals surface area (Å²) in [4.78, 5) is 42.4. The van der Waals surface area contributed by atoms with Crippen LogP contribution in [0.4, 0.5) is 5.69 Å². The molecule has 1 saturated carbocycles. The van der Waals surface area contributed by atoms with E-state index in [1.165, 1.54) is 0 Å². The van der Waals surface area contributed by atoms with Crippen molar-refractivity contribution >= 4 is 23.4 Å². The van der Waals surface area contributed by atoms with Gasteiger partial charge in [0, 0.05) is 6.04 Å². The van der Waals surface area contributed by atoms with E-state index in [9.17, 15) is 14.4 Å². The second-order valence-corrected chi connectivity index (χ2v) is 8.49. The van der Waals surface area contributed by atoms with Gasteiger partial charge in [-0.25, -0.2) is 4.90 Å². The number of anilines is 1. The second-order valence-electron chi connectivity index (χ2n) is 8.49. The standard InChI is InChI=1S/C26H27N3O4/c27-17-19-12-14-21(15-13-19)29-24(30)16-23(26(29)32)28(20-8-4-1-2-5-9-20)25(31)18-33-22-10-6-3-7-11-22/h3,6-7,10-15,20,23H,1-2,4-5,8-9,16,18H2. The summed E-state index contributed by atoms with van der Waals surface area (Å²) in [5.41, 5.74) is 0.864. The molecule has 0 radical (unpaired) electrons. The first-order valence-electron chi connectivity index (χ1n) is 11.4. The van der Waals surface area contributed by atoms with E-state index in [2.05, 4.69) is 0 Å². The summed E-state index contributed by atoms with van der Waals surface area (Å²) in [6.45, 7) is -0.185. The normalized spacial score (nSPS) is 19.1. The summed E-state index contributed by atoms with van der Waals surface area (Å²) in [5.74, 6) is -0.439. The van der Waals surface area contributed by atoms with Gasteiger partial charge in [-0.05, 0) is 49.2 Å². The second kappa shape index (κ2) is 10.3. The molecule has 170 valence electrons. The maximum absolute atomic E-state index is 13.4. The largest absolute Gasteiger partial charge is 0.484 e. The Morgan fingerprint density at radius 3 is 2.30 bits per heavy atom. The number of benzene rings is 2. The molecule has 1 aliphatic heterocycles. The molecule has 3 amide bonds. The molecule has 2 aromatic carbocycles. The van der Waals surface area contributed by atoms with Gasteiger partial charge in [-0.15, -0.1) is 0 Å². The average Bonchev–Trinajstić information content (AvgIpc) is 3.00. The molecule has 0 aromatic heterocycles. The third-order valence-corrected chi connectivity index (χ3v) is 6.32. The molecule has 1 saturated heterocycles. The fourth-order valence-electron chi connectivity index (χ4n) is 4.69. The molecule has 7 heteroatoms. The molecule has 0 spiro atoms. The van der Waals surface area contributed by atoms with Crippen molar-refractivity contribution in [1.29, 1.82) is 5.26 Å². The number of carbonyl (C=O) groups excluding carboxylic acids is 3. The molecule has 2 aromatic rings. The Morgan fingerprint density at radius 2 is 1.67 bits per heavy atom. The van der Waals surface area contributed by atoms with Crippen LogP contribution in [0.2, 0.25) is 0 Å². The quantitative estimate of drug-likeness (QED) is 0.498. The van der Waals surface area contributed by atoms with Gasteiger partial charge in [0.25, 0.3) is 11.8 Å². The Kier molecular flexibility index (Phi) is 7.04. The Bertz CT molecular complexity index is 1040. The molecule has 33 heavy (non-hydrogen) atoms. The van der Waals surface area contributed by atoms with E-state index in [1.54, 1.807) is 41.3 Å². The van der Waals surface area contributed by atoms with Crippen LogP contribution < -0.4 is 9.64 Å². The third kappa shape index (κ3) is 5.06. The minimum absolute atomic E-state index is 0.0492. The van der Waals surface area contributed by atoms with Gasteiger partial charge in [0.2, 0.25) is 5.91 Å². The summed E-state index contributed by atoms with van der Waals surface area (Å²) < 4.78 is 5.70. The van der Waals surface area contributed by atoms with Crippen LogP contribution in [0.3, 0.4) is 0 Å². The molecule has 2 fully saturated rings. The predicted octanol–water partition coefficient (Wildman–Crippen LogP) is 3.82. The molecule has 2 aliphatic rings. The molecule has 4 rings (SSSR count). The smallest absolute Gasteiger partial charge is 0.261 e. The zero-order chi connectivity index (χ0) is 23.2. The van der Waals surface area contributed by atoms with Crippen molar-refractivity contribution in [2.75, 3.05) is 11.5 Å². The minimum Gasteiger partial charge on any atom is -0.484 e. The van der Waals surface area contributed by atoms with Crippen molar-refractivity contribution in [1.82, 2.24) is 4.90 Å². The molecule has 1 atom stereocenters. The van der Waals surface area contributed by atoms with E-state index in [4.69, 9.17) is 10.00 Å². The first-order chi connectivity index (χ1) is 16.1. The maximum Gasteiger partial charge on any atom is 0.261 e. The van der Waals surface area contributed by atoms with Crippen molar-refractivity contribution in [2.45, 2.75) is 57.0 Å². The van der Waals surface area contributed by atoms with E-state index in [1.807, 2.05) is 24.3 Å². The fraction of sp³-hybridized carbons (Fsp3) is 0.385. The van der Waals surface area contributed by atoms with Gasteiger partial charge >= 0.3 is 0 Å². The van der Waals surface area contributed by atoms with Crippen molar-refractivity contribution in [3.63, 3.8) is 0 Å². The molecular weight excluding hydrogens is 418 g/mol. The molecule has 0 N–H and O–H groups in total. The number of para-hydroxylation sites is 1. The van der Waals surface area contributed by atoms with Crippen molar-refractivity contribution in [3.05, 3.63) is 60.2 Å². The number of amides is 3. The molecule has 1 aliphatic carbocycles. The number of nitrogens with zero attached hydrogens (tertiary/aromatic N) is 3. The number of hydrogen-bond acceptors (Lipinski definition) is 5. The van der Waals surface area contributed by atoms with Crippen molar-refractivity contribution < 1.29 is 19.1 Å². The Labute approximate surface area is 193 Å². The Hall–Kier alpha value is -3.66. The number of nitriles is 1. The van der Waals surface area contributed by atoms with Crippen molar-refractivity contribution in [3.8, 4) is 11.8 Å². The van der Waals surface area contributed by atoms with Crippen LogP contribution in [0.1, 0.15) is 50.5 Å². The van der Waals surface area contributed by atoms with Crippen LogP contribution in [0.25, 0.3) is 0 Å². The average molecular weight is 446 g/mol. The predicted molar refractivity (Wildman–Crippen MR) is 122 cm³/mol. The van der Waals surface area contributed by atoms with Crippen molar-refractivity contribution in [2.24, 2.45) is 0 Å². The van der Waals surface area contributed by atoms with Crippen LogP contribution >= 0.6 is 0 Å². The molecular formula is C26H27N3O4. The third-order valence-electron chi connectivity index (χ3n) is 6.32. The summed E-state index contributed by atoms with van der Waals surface area (Å²) in [5, 5.41) is 9.02. The van der Waals surface area contributed by atoms with Gasteiger partial charge in [0.05, 0.1) is 23.7 Å². The summed E-state index contributed by atoms with van der Waals surface area (Å²) >= 11 is 0. The van der Waals surface area contributed by atoms with Crippen LogP contribution in [0.5, 0.6) is 5.75 Å². The fourth-order valence-corrected chi connectivity index (χ4v) is 4.69. The lowest BCUT2D eigenvalue weighted by Crippen LogP contribution is -2.52. The highest BCUT2D eigenvalue weighted by atomic mass is 16.5. The summed E-state index contributed by atoms with van der Waals surface area (Å²) in [7, 11) is 0. The lowest BCUT2D eigenvalue weighted by Gasteiger charge is -2.35. The van der Waals surface area contributed by atoms with E-state index < -0.39 is 11.9 Å². The lowest BCUT2D eigenvalue weighted by atomic mass is 10.0. The van der Waals surface area contributed by atoms with E-state index in [0.717, 1.165) is 43.4 Å². The van der Waals surface area contributed by atoms with Gasteiger partial charge in [0.1, 0.15) is 11.8 Å². The first kappa shape index (κ1) is 22.5. The molecule has 1 unspecified atom stereocenters. The number of ether oxygens (including phenoxy) is 1. The van der Waals surface area contributed by atoms with Gasteiger partial charge < -0.3 is 9.64 Å². The Morgan fingerprint density at radius 1 is 1.00 bits per heavy atom. The van der Waals surface area contributed by atoms with E-state index in [-0.39, 0.29) is 30.9 Å². The van der Waals surface area contributed by atoms with Gasteiger partial charge in [-0.2, -0.15) is 5.26 Å². The minimum atomic E-state index is -0.844. The van der Waals surface area contributed by atoms with Gasteiger partial charge in [-0.3, -0.25) is 14.4 Å². The highest BCUT2D eigenvalue weighted by Gasteiger charge is 2.46. The number of imide groups is 1. The molecule has 1 heterocycles. The van der Waals surface area contributed by atoms with Gasteiger partial charge in [-0.1, -0.05) is 43.9 Å².